The Morgan fingerprint density at radius 2 is 0.750 bits per heavy atom. The molecule has 0 aliphatic carbocycles. The minimum Gasteiger partial charge on any atom is -0.310 e. The van der Waals surface area contributed by atoms with Gasteiger partial charge in [-0.25, -0.2) is 8.78 Å². The van der Waals surface area contributed by atoms with Crippen molar-refractivity contribution in [1.29, 1.82) is 0 Å². The van der Waals surface area contributed by atoms with Gasteiger partial charge in [0.15, 0.2) is 0 Å². The molecule has 0 radical (unpaired) electrons. The predicted molar refractivity (Wildman–Crippen MR) is 245 cm³/mol. The number of hydrogen-bond acceptors (Lipinski definition) is 2. The standard InChI is InChI=1S/C54H32F2N4/c55-33-19-23-37(24-20-33)57(35-11-3-1-4-12-35)47-29-27-39-43-31-50-44(32-49(43)59-45-17-9-7-15-41(45)51(47)53(39)59)40-28-30-48(52-42-16-8-10-18-46(42)60(50)54(40)52)58(36-13-5-2-6-14-36)38-25-21-34(56)22-26-38/h1-32H/i7D,8D,9D,10D,15D,16D,17D,18D,27D,28D,29D,30D,31D,32D. The maximum atomic E-state index is 14.6. The van der Waals surface area contributed by atoms with Gasteiger partial charge in [0.2, 0.25) is 0 Å². The van der Waals surface area contributed by atoms with Crippen LogP contribution in [0.2, 0.25) is 0 Å². The molecule has 6 heteroatoms. The number of nitrogens with zero attached hydrogens (tertiary/aromatic N) is 4. The molecule has 4 heterocycles. The Morgan fingerprint density at radius 1 is 0.367 bits per heavy atom. The van der Waals surface area contributed by atoms with Gasteiger partial charge in [-0.2, -0.15) is 0 Å². The average molecular weight is 789 g/mol. The highest BCUT2D eigenvalue weighted by atomic mass is 19.1. The van der Waals surface area contributed by atoms with Crippen molar-refractivity contribution >= 4 is 110 Å². The molecule has 0 bridgehead atoms. The Balaban J connectivity index is 1.30. The lowest BCUT2D eigenvalue weighted by Gasteiger charge is -2.26. The molecule has 4 aromatic heterocycles. The second-order valence-electron chi connectivity index (χ2n) is 14.5. The third kappa shape index (κ3) is 4.47. The van der Waals surface area contributed by atoms with E-state index in [0.717, 1.165) is 0 Å². The van der Waals surface area contributed by atoms with Gasteiger partial charge < -0.3 is 18.6 Å². The molecule has 0 aliphatic rings. The lowest BCUT2D eigenvalue weighted by atomic mass is 10.0. The molecule has 282 valence electrons. The van der Waals surface area contributed by atoms with E-state index in [-0.39, 0.29) is 87.6 Å². The Kier molecular flexibility index (Phi) is 4.55. The number of benzene rings is 9. The smallest absolute Gasteiger partial charge is 0.123 e. The summed E-state index contributed by atoms with van der Waals surface area (Å²) in [5.41, 5.74) is 1.16. The molecule has 13 rings (SSSR count). The second kappa shape index (κ2) is 12.3. The van der Waals surface area contributed by atoms with Gasteiger partial charge in [0.25, 0.3) is 0 Å². The van der Waals surface area contributed by atoms with Crippen LogP contribution < -0.4 is 9.80 Å². The normalized spacial score (nSPS) is 15.4. The molecule has 60 heavy (non-hydrogen) atoms. The first-order valence-electron chi connectivity index (χ1n) is 26.0. The van der Waals surface area contributed by atoms with Crippen LogP contribution in [0.4, 0.5) is 42.9 Å². The first-order chi connectivity index (χ1) is 35.5. The van der Waals surface area contributed by atoms with Gasteiger partial charge in [-0.15, -0.1) is 0 Å². The lowest BCUT2D eigenvalue weighted by molar-refractivity contribution is 0.627. The van der Waals surface area contributed by atoms with Crippen molar-refractivity contribution < 1.29 is 28.0 Å². The molecular weight excluding hydrogens is 743 g/mol. The number of aromatic nitrogens is 2. The van der Waals surface area contributed by atoms with Crippen molar-refractivity contribution in [3.05, 3.63) is 205 Å². The average Bonchev–Trinajstić information content (AvgIpc) is 4.15. The third-order valence-electron chi connectivity index (χ3n) is 11.3. The molecule has 0 fully saturated rings. The van der Waals surface area contributed by atoms with Crippen LogP contribution in [0.3, 0.4) is 0 Å². The summed E-state index contributed by atoms with van der Waals surface area (Å²) in [7, 11) is 0. The van der Waals surface area contributed by atoms with Gasteiger partial charge in [0.1, 0.15) is 11.6 Å². The topological polar surface area (TPSA) is 15.3 Å². The Hall–Kier alpha value is -7.96. The summed E-state index contributed by atoms with van der Waals surface area (Å²) >= 11 is 0. The van der Waals surface area contributed by atoms with Crippen molar-refractivity contribution in [1.82, 2.24) is 8.80 Å². The fourth-order valence-corrected chi connectivity index (χ4v) is 8.89. The molecule has 0 saturated carbocycles. The van der Waals surface area contributed by atoms with Crippen molar-refractivity contribution in [3.8, 4) is 0 Å². The summed E-state index contributed by atoms with van der Waals surface area (Å²) in [5, 5.41) is -0.337. The van der Waals surface area contributed by atoms with Crippen molar-refractivity contribution in [2.24, 2.45) is 0 Å². The largest absolute Gasteiger partial charge is 0.310 e. The number of para-hydroxylation sites is 4. The minimum atomic E-state index is -0.627. The van der Waals surface area contributed by atoms with E-state index in [4.69, 9.17) is 5.48 Å². The maximum Gasteiger partial charge on any atom is 0.123 e. The molecule has 0 aliphatic heterocycles. The first kappa shape index (κ1) is 22.3. The van der Waals surface area contributed by atoms with Gasteiger partial charge in [-0.05, 0) is 109 Å². The zero-order valence-corrected chi connectivity index (χ0v) is 30.9. The highest BCUT2D eigenvalue weighted by Crippen LogP contribution is 2.51. The zero-order valence-electron chi connectivity index (χ0n) is 44.9. The number of halogens is 2. The van der Waals surface area contributed by atoms with Crippen LogP contribution in [0, 0.1) is 11.6 Å². The monoisotopic (exact) mass is 788 g/mol. The second-order valence-corrected chi connectivity index (χ2v) is 14.5. The summed E-state index contributed by atoms with van der Waals surface area (Å²) in [6.07, 6.45) is 0. The van der Waals surface area contributed by atoms with Crippen LogP contribution in [-0.2, 0) is 0 Å². The summed E-state index contributed by atoms with van der Waals surface area (Å²) in [6, 6.07) is 21.0. The van der Waals surface area contributed by atoms with Crippen molar-refractivity contribution in [2.75, 3.05) is 9.80 Å². The number of hydrogen-bond donors (Lipinski definition) is 0. The quantitative estimate of drug-likeness (QED) is 0.167. The summed E-state index contributed by atoms with van der Waals surface area (Å²) in [6.45, 7) is 0. The third-order valence-corrected chi connectivity index (χ3v) is 11.3. The number of fused-ring (bicyclic) bond motifs is 12. The molecule has 13 aromatic rings. The van der Waals surface area contributed by atoms with Crippen LogP contribution in [0.1, 0.15) is 19.2 Å². The molecule has 0 amide bonds. The number of rotatable bonds is 6. The molecule has 0 atom stereocenters. The van der Waals surface area contributed by atoms with Crippen LogP contribution in [-0.4, -0.2) is 8.80 Å². The minimum absolute atomic E-state index is 0.0119. The molecule has 9 aromatic carbocycles. The van der Waals surface area contributed by atoms with Crippen molar-refractivity contribution in [2.45, 2.75) is 0 Å². The Morgan fingerprint density at radius 3 is 1.17 bits per heavy atom. The van der Waals surface area contributed by atoms with E-state index in [1.165, 1.54) is 57.3 Å². The highest BCUT2D eigenvalue weighted by Gasteiger charge is 2.27. The Bertz CT molecular complexity index is 4310. The van der Waals surface area contributed by atoms with Crippen LogP contribution in [0.25, 0.3) is 76.2 Å². The molecule has 4 nitrogen and oxygen atoms in total. The van der Waals surface area contributed by atoms with Gasteiger partial charge in [-0.1, -0.05) is 84.7 Å². The van der Waals surface area contributed by atoms with Crippen LogP contribution >= 0.6 is 0 Å². The Labute approximate surface area is 361 Å². The van der Waals surface area contributed by atoms with Crippen LogP contribution in [0.15, 0.2) is 194 Å². The molecule has 0 saturated heterocycles. The zero-order chi connectivity index (χ0) is 51.8. The van der Waals surface area contributed by atoms with Gasteiger partial charge in [-0.3, -0.25) is 0 Å². The van der Waals surface area contributed by atoms with Crippen molar-refractivity contribution in [3.63, 3.8) is 0 Å². The molecular formula is C54H32F2N4. The molecule has 0 spiro atoms. The fourth-order valence-electron chi connectivity index (χ4n) is 8.89. The molecule has 0 N–H and O–H groups in total. The van der Waals surface area contributed by atoms with Gasteiger partial charge >= 0.3 is 0 Å². The first-order valence-corrected chi connectivity index (χ1v) is 19.0. The summed E-state index contributed by atoms with van der Waals surface area (Å²) < 4.78 is 166. The summed E-state index contributed by atoms with van der Waals surface area (Å²) in [5.74, 6) is -1.10. The predicted octanol–water partition coefficient (Wildman–Crippen LogP) is 15.2. The fraction of sp³-hybridized carbons (Fsp3) is 0. The number of anilines is 6. The van der Waals surface area contributed by atoms with E-state index < -0.39 is 96.2 Å². The maximum absolute atomic E-state index is 14.6. The van der Waals surface area contributed by atoms with Gasteiger partial charge in [0, 0.05) is 65.8 Å². The van der Waals surface area contributed by atoms with Gasteiger partial charge in [0.05, 0.1) is 63.7 Å². The summed E-state index contributed by atoms with van der Waals surface area (Å²) in [4.78, 5) is 3.18. The van der Waals surface area contributed by atoms with E-state index in [1.54, 1.807) is 70.5 Å². The highest BCUT2D eigenvalue weighted by molar-refractivity contribution is 6.32. The van der Waals surface area contributed by atoms with E-state index in [2.05, 4.69) is 0 Å². The van der Waals surface area contributed by atoms with E-state index in [1.807, 2.05) is 0 Å². The van der Waals surface area contributed by atoms with E-state index in [0.29, 0.717) is 22.7 Å². The molecule has 0 unspecified atom stereocenters. The van der Waals surface area contributed by atoms with Crippen LogP contribution in [0.5, 0.6) is 0 Å². The lowest BCUT2D eigenvalue weighted by Crippen LogP contribution is -2.10. The van der Waals surface area contributed by atoms with E-state index in [9.17, 15) is 22.5 Å². The SMILES string of the molecule is [2H]c1c([2H])c([2H])c2c(c1[2H])c1c(N(c3ccccc3)c3ccc(F)cc3)c([2H])c([2H])c3c4c([2H])c5c(c([2H])c4n2c31)c1c([2H])c([2H])c(N(c2ccccc2)c2ccc(F)cc2)c2c3c([2H])c([2H])c([2H])c([2H])c3n5c12. The van der Waals surface area contributed by atoms with E-state index >= 15 is 0 Å².